The van der Waals surface area contributed by atoms with Crippen molar-refractivity contribution in [2.75, 3.05) is 16.3 Å². The summed E-state index contributed by atoms with van der Waals surface area (Å²) < 4.78 is 25.7. The number of phenolic OH excluding ortho intramolecular Hbond substituents is 1. The summed E-state index contributed by atoms with van der Waals surface area (Å²) >= 11 is 0. The minimum absolute atomic E-state index is 0.172. The number of amides is 2. The van der Waals surface area contributed by atoms with Gasteiger partial charge in [-0.15, -0.1) is 0 Å². The minimum atomic E-state index is -3.44. The molecule has 1 atom stereocenters. The molecule has 0 aliphatic carbocycles. The van der Waals surface area contributed by atoms with Crippen LogP contribution >= 0.6 is 0 Å². The number of carbonyl (C=O) groups excluding carboxylic acids is 2. The fourth-order valence-electron chi connectivity index (χ4n) is 4.15. The Labute approximate surface area is 201 Å². The van der Waals surface area contributed by atoms with Crippen LogP contribution in [0.2, 0.25) is 0 Å². The molecular weight excluding hydrogens is 454 g/mol. The molecule has 0 unspecified atom stereocenters. The summed E-state index contributed by atoms with van der Waals surface area (Å²) in [5.41, 5.74) is 4.09. The quantitative estimate of drug-likeness (QED) is 0.570. The van der Waals surface area contributed by atoms with Crippen LogP contribution in [-0.4, -0.2) is 42.5 Å². The number of benzene rings is 2. The number of nitrogens with one attached hydrogen (secondary N) is 2. The standard InChI is InChI=1S/C25H33N3O5S/c1-14-10-20(15(2)16(3)22(14)29)26-23(30)21-12-17-8-9-19(27-34(7,32)33)11-18(17)13-28(21)24(31)25(4,5)6/h8-11,21,27,29H,12-13H2,1-7H3,(H,26,30)/t21-/m0/s1. The van der Waals surface area contributed by atoms with Crippen LogP contribution in [0.5, 0.6) is 5.75 Å². The number of phenols is 1. The summed E-state index contributed by atoms with van der Waals surface area (Å²) in [5.74, 6) is -0.283. The molecule has 0 saturated carbocycles. The normalized spacial score (nSPS) is 16.1. The van der Waals surface area contributed by atoms with E-state index in [1.54, 1.807) is 63.8 Å². The molecular formula is C25H33N3O5S. The lowest BCUT2D eigenvalue weighted by Gasteiger charge is -2.39. The Hall–Kier alpha value is -3.07. The van der Waals surface area contributed by atoms with Gasteiger partial charge in [0, 0.05) is 29.8 Å². The lowest BCUT2D eigenvalue weighted by Crippen LogP contribution is -2.53. The van der Waals surface area contributed by atoms with Gasteiger partial charge >= 0.3 is 0 Å². The number of fused-ring (bicyclic) bond motifs is 1. The first kappa shape index (κ1) is 25.6. The summed E-state index contributed by atoms with van der Waals surface area (Å²) in [6, 6.07) is 6.16. The fraction of sp³-hybridized carbons (Fsp3) is 0.440. The lowest BCUT2D eigenvalue weighted by molar-refractivity contribution is -0.146. The van der Waals surface area contributed by atoms with Crippen LogP contribution in [0.1, 0.15) is 48.6 Å². The molecule has 1 aliphatic rings. The molecule has 0 saturated heterocycles. The maximum absolute atomic E-state index is 13.5. The van der Waals surface area contributed by atoms with Gasteiger partial charge in [0.2, 0.25) is 21.8 Å². The Kier molecular flexibility index (Phi) is 6.72. The Morgan fingerprint density at radius 3 is 2.29 bits per heavy atom. The minimum Gasteiger partial charge on any atom is -0.507 e. The number of aromatic hydroxyl groups is 1. The van der Waals surface area contributed by atoms with E-state index in [9.17, 15) is 23.1 Å². The summed E-state index contributed by atoms with van der Waals surface area (Å²) in [6.45, 7) is 11.0. The van der Waals surface area contributed by atoms with Crippen LogP contribution in [0.25, 0.3) is 0 Å². The molecule has 0 fully saturated rings. The van der Waals surface area contributed by atoms with E-state index in [4.69, 9.17) is 0 Å². The van der Waals surface area contributed by atoms with Gasteiger partial charge in [0.05, 0.1) is 6.26 Å². The molecule has 9 heteroatoms. The van der Waals surface area contributed by atoms with Gasteiger partial charge in [-0.1, -0.05) is 26.8 Å². The number of carbonyl (C=O) groups is 2. The number of nitrogens with zero attached hydrogens (tertiary/aromatic N) is 1. The molecule has 0 bridgehead atoms. The smallest absolute Gasteiger partial charge is 0.247 e. The average Bonchev–Trinajstić information content (AvgIpc) is 2.72. The number of hydrogen-bond acceptors (Lipinski definition) is 5. The largest absolute Gasteiger partial charge is 0.507 e. The third kappa shape index (κ3) is 5.35. The first-order valence-electron chi connectivity index (χ1n) is 11.1. The van der Waals surface area contributed by atoms with E-state index in [0.717, 1.165) is 22.9 Å². The maximum Gasteiger partial charge on any atom is 0.247 e. The highest BCUT2D eigenvalue weighted by molar-refractivity contribution is 7.92. The predicted molar refractivity (Wildman–Crippen MR) is 133 cm³/mol. The lowest BCUT2D eigenvalue weighted by atomic mass is 9.88. The average molecular weight is 488 g/mol. The predicted octanol–water partition coefficient (Wildman–Crippen LogP) is 3.63. The summed E-state index contributed by atoms with van der Waals surface area (Å²) in [4.78, 5) is 28.4. The molecule has 1 aliphatic heterocycles. The van der Waals surface area contributed by atoms with Crippen molar-refractivity contribution in [3.63, 3.8) is 0 Å². The zero-order valence-corrected chi connectivity index (χ0v) is 21.6. The van der Waals surface area contributed by atoms with Gasteiger partial charge in [-0.3, -0.25) is 14.3 Å². The van der Waals surface area contributed by atoms with Gasteiger partial charge in [-0.05, 0) is 66.8 Å². The van der Waals surface area contributed by atoms with Crippen LogP contribution < -0.4 is 10.0 Å². The molecule has 8 nitrogen and oxygen atoms in total. The van der Waals surface area contributed by atoms with E-state index >= 15 is 0 Å². The van der Waals surface area contributed by atoms with Crippen molar-refractivity contribution in [2.45, 2.75) is 60.5 Å². The van der Waals surface area contributed by atoms with Crippen molar-refractivity contribution < 1.29 is 23.1 Å². The van der Waals surface area contributed by atoms with E-state index in [-0.39, 0.29) is 24.1 Å². The van der Waals surface area contributed by atoms with Crippen molar-refractivity contribution >= 4 is 33.2 Å². The zero-order valence-electron chi connectivity index (χ0n) is 20.7. The molecule has 34 heavy (non-hydrogen) atoms. The van der Waals surface area contributed by atoms with Gasteiger partial charge in [-0.25, -0.2) is 8.42 Å². The maximum atomic E-state index is 13.5. The second-order valence-electron chi connectivity index (χ2n) is 10.1. The molecule has 184 valence electrons. The first-order valence-corrected chi connectivity index (χ1v) is 13.0. The Balaban J connectivity index is 1.98. The second kappa shape index (κ2) is 8.94. The highest BCUT2D eigenvalue weighted by Gasteiger charge is 2.39. The topological polar surface area (TPSA) is 116 Å². The van der Waals surface area contributed by atoms with Crippen molar-refractivity contribution in [3.8, 4) is 5.75 Å². The van der Waals surface area contributed by atoms with E-state index in [1.165, 1.54) is 0 Å². The molecule has 0 radical (unpaired) electrons. The van der Waals surface area contributed by atoms with Crippen molar-refractivity contribution in [1.29, 1.82) is 0 Å². The zero-order chi connectivity index (χ0) is 25.6. The molecule has 0 aromatic heterocycles. The van der Waals surface area contributed by atoms with E-state index in [2.05, 4.69) is 10.0 Å². The molecule has 2 aromatic carbocycles. The Morgan fingerprint density at radius 1 is 1.06 bits per heavy atom. The molecule has 3 rings (SSSR count). The van der Waals surface area contributed by atoms with Crippen LogP contribution in [0.15, 0.2) is 24.3 Å². The summed E-state index contributed by atoms with van der Waals surface area (Å²) in [5, 5.41) is 13.2. The molecule has 2 amide bonds. The fourth-order valence-corrected chi connectivity index (χ4v) is 4.71. The van der Waals surface area contributed by atoms with Gasteiger partial charge in [0.1, 0.15) is 11.8 Å². The highest BCUT2D eigenvalue weighted by Crippen LogP contribution is 2.33. The van der Waals surface area contributed by atoms with Crippen LogP contribution in [0.4, 0.5) is 11.4 Å². The third-order valence-corrected chi connectivity index (χ3v) is 6.77. The van der Waals surface area contributed by atoms with Crippen molar-refractivity contribution in [1.82, 2.24) is 4.90 Å². The van der Waals surface area contributed by atoms with Crippen LogP contribution in [-0.2, 0) is 32.6 Å². The highest BCUT2D eigenvalue weighted by atomic mass is 32.2. The number of hydrogen-bond donors (Lipinski definition) is 3. The third-order valence-electron chi connectivity index (χ3n) is 6.16. The van der Waals surface area contributed by atoms with E-state index in [1.807, 2.05) is 6.92 Å². The van der Waals surface area contributed by atoms with Crippen LogP contribution in [0, 0.1) is 26.2 Å². The SMILES string of the molecule is Cc1cc(NC(=O)[C@@H]2Cc3ccc(NS(C)(=O)=O)cc3CN2C(=O)C(C)(C)C)c(C)c(C)c1O. The van der Waals surface area contributed by atoms with Crippen LogP contribution in [0.3, 0.4) is 0 Å². The summed E-state index contributed by atoms with van der Waals surface area (Å²) in [7, 11) is -3.44. The number of anilines is 2. The molecule has 2 aromatic rings. The molecule has 0 spiro atoms. The van der Waals surface area contributed by atoms with E-state index < -0.39 is 21.5 Å². The van der Waals surface area contributed by atoms with Gasteiger partial charge < -0.3 is 15.3 Å². The Bertz CT molecular complexity index is 1260. The molecule has 3 N–H and O–H groups in total. The summed E-state index contributed by atoms with van der Waals surface area (Å²) in [6.07, 6.45) is 1.38. The number of aryl methyl sites for hydroxylation is 1. The van der Waals surface area contributed by atoms with Crippen molar-refractivity contribution in [3.05, 3.63) is 52.1 Å². The van der Waals surface area contributed by atoms with E-state index in [0.29, 0.717) is 28.9 Å². The number of sulfonamides is 1. The van der Waals surface area contributed by atoms with Gasteiger partial charge in [0.15, 0.2) is 0 Å². The van der Waals surface area contributed by atoms with Crippen molar-refractivity contribution in [2.24, 2.45) is 5.41 Å². The van der Waals surface area contributed by atoms with Gasteiger partial charge in [-0.2, -0.15) is 0 Å². The number of rotatable bonds is 4. The Morgan fingerprint density at radius 2 is 1.71 bits per heavy atom. The monoisotopic (exact) mass is 487 g/mol. The second-order valence-corrected chi connectivity index (χ2v) is 11.8. The first-order chi connectivity index (χ1) is 15.6. The molecule has 1 heterocycles. The van der Waals surface area contributed by atoms with Gasteiger partial charge in [0.25, 0.3) is 0 Å².